The van der Waals surface area contributed by atoms with E-state index in [0.717, 1.165) is 16.0 Å². The number of carbonyl (C=O) groups is 6. The Bertz CT molecular complexity index is 2830. The third-order valence-electron chi connectivity index (χ3n) is 18.3. The summed E-state index contributed by atoms with van der Waals surface area (Å²) in [7, 11) is 4.72. The normalized spacial score (nSPS) is 33.9. The number of Topliss-reactive ketones (excluding diaryl/α,β-unsaturated/α-hetero) is 3. The summed E-state index contributed by atoms with van der Waals surface area (Å²) >= 11 is 0. The molecule has 15 atom stereocenters. The van der Waals surface area contributed by atoms with E-state index in [0.29, 0.717) is 95.0 Å². The van der Waals surface area contributed by atoms with Crippen molar-refractivity contribution in [2.24, 2.45) is 35.3 Å². The largest absolute Gasteiger partial charge is 0.459 e. The van der Waals surface area contributed by atoms with Gasteiger partial charge in [-0.15, -0.1) is 0 Å². The first-order valence-corrected chi connectivity index (χ1v) is 31.3. The van der Waals surface area contributed by atoms with Gasteiger partial charge >= 0.3 is 12.1 Å². The maximum Gasteiger partial charge on any atom is 0.410 e. The lowest BCUT2D eigenvalue weighted by Gasteiger charge is -2.42. The van der Waals surface area contributed by atoms with Crippen LogP contribution in [0.4, 0.5) is 16.7 Å². The number of ether oxygens (including phenoxy) is 5. The third-order valence-corrected chi connectivity index (χ3v) is 18.3. The molecule has 5 aliphatic rings. The molecule has 88 heavy (non-hydrogen) atoms. The molecule has 4 fully saturated rings. The molecule has 0 unspecified atom stereocenters. The van der Waals surface area contributed by atoms with Crippen LogP contribution < -0.4 is 15.5 Å². The number of allylic oxidation sites excluding steroid dienone is 6. The molecule has 6 heterocycles. The van der Waals surface area contributed by atoms with E-state index in [4.69, 9.17) is 29.4 Å². The van der Waals surface area contributed by atoms with E-state index in [1.54, 1.807) is 59.7 Å². The van der Waals surface area contributed by atoms with Gasteiger partial charge in [-0.2, -0.15) is 0 Å². The van der Waals surface area contributed by atoms with E-state index in [9.17, 15) is 44.1 Å². The van der Waals surface area contributed by atoms with Crippen molar-refractivity contribution in [1.82, 2.24) is 29.7 Å². The van der Waals surface area contributed by atoms with Crippen molar-refractivity contribution in [3.8, 4) is 0 Å². The topological polar surface area (TPSA) is 300 Å². The van der Waals surface area contributed by atoms with Crippen molar-refractivity contribution in [3.05, 3.63) is 83.5 Å². The molecule has 484 valence electrons. The Balaban J connectivity index is 1.04. The van der Waals surface area contributed by atoms with Gasteiger partial charge in [0.25, 0.3) is 11.7 Å². The molecule has 2 aromatic rings. The molecule has 5 N–H and O–H groups in total. The SMILES string of the molecule is CO[C@H]1C[C@@H]2CC[C@@H](C)[C@@](O)(O2)C(=O)C(=O)N2CCCC[C@H]2C(=O)O[C@H]([C@H](N)C[C@@H]2CC[C@@H](OC(=O)N(C)Cc3cnc(N4CCN(c5ncc(C)cn5)CC4)nc3)[C@H](OC)C2)CC(=O)[C@H](C)/C=C(\C)[C@@H](O)[C@@H](O)C(=O)[C@H](C)C[C@H](C)/C=C/C=C/C=C/1C. The lowest BCUT2D eigenvalue weighted by atomic mass is 9.80. The van der Waals surface area contributed by atoms with Crippen LogP contribution in [0.2, 0.25) is 0 Å². The lowest BCUT2D eigenvalue weighted by molar-refractivity contribution is -0.265. The Labute approximate surface area is 518 Å². The highest BCUT2D eigenvalue weighted by Crippen LogP contribution is 2.38. The van der Waals surface area contributed by atoms with Crippen molar-refractivity contribution in [1.29, 1.82) is 0 Å². The first-order chi connectivity index (χ1) is 41.9. The predicted octanol–water partition coefficient (Wildman–Crippen LogP) is 5.71. The number of fused-ring (bicyclic) bond motifs is 3. The van der Waals surface area contributed by atoms with Crippen molar-refractivity contribution >= 4 is 47.2 Å². The molecule has 23 heteroatoms. The van der Waals surface area contributed by atoms with Crippen molar-refractivity contribution in [3.63, 3.8) is 0 Å². The number of hydrogen-bond acceptors (Lipinski definition) is 21. The zero-order valence-electron chi connectivity index (χ0n) is 53.1. The number of amides is 2. The number of ketones is 3. The molecule has 4 aliphatic heterocycles. The van der Waals surface area contributed by atoms with E-state index in [1.807, 2.05) is 51.2 Å². The maximum absolute atomic E-state index is 14.6. The first-order valence-electron chi connectivity index (χ1n) is 31.3. The zero-order chi connectivity index (χ0) is 64.0. The molecule has 0 radical (unpaired) electrons. The van der Waals surface area contributed by atoms with Crippen LogP contribution in [-0.2, 0) is 54.2 Å². The molecular formula is C65H95N9O14. The van der Waals surface area contributed by atoms with Crippen LogP contribution in [0.1, 0.15) is 130 Å². The average Bonchev–Trinajstić information content (AvgIpc) is 2.53. The molecule has 0 spiro atoms. The fraction of sp³-hybridized carbons (Fsp3) is 0.662. The van der Waals surface area contributed by atoms with E-state index < -0.39 is 120 Å². The van der Waals surface area contributed by atoms with Gasteiger partial charge in [-0.25, -0.2) is 29.5 Å². The van der Waals surface area contributed by atoms with Crippen molar-refractivity contribution < 1.29 is 67.8 Å². The Morgan fingerprint density at radius 3 is 2.09 bits per heavy atom. The average molecular weight is 1230 g/mol. The van der Waals surface area contributed by atoms with Crippen LogP contribution in [-0.4, -0.2) is 195 Å². The third kappa shape index (κ3) is 18.0. The molecule has 2 aromatic heterocycles. The number of anilines is 2. The smallest absolute Gasteiger partial charge is 0.410 e. The minimum Gasteiger partial charge on any atom is -0.459 e. The fourth-order valence-electron chi connectivity index (χ4n) is 12.6. The molecule has 2 amide bonds. The molecule has 23 nitrogen and oxygen atoms in total. The summed E-state index contributed by atoms with van der Waals surface area (Å²) in [6, 6.07) is -2.22. The van der Waals surface area contributed by atoms with Gasteiger partial charge in [0.1, 0.15) is 36.2 Å². The number of carbonyl (C=O) groups excluding carboxylic acids is 6. The second-order valence-corrected chi connectivity index (χ2v) is 25.2. The Morgan fingerprint density at radius 1 is 0.784 bits per heavy atom. The van der Waals surface area contributed by atoms with Crippen LogP contribution in [0, 0.1) is 36.5 Å². The van der Waals surface area contributed by atoms with Crippen molar-refractivity contribution in [2.45, 2.75) is 193 Å². The number of aromatic nitrogens is 4. The van der Waals surface area contributed by atoms with Crippen LogP contribution in [0.5, 0.6) is 0 Å². The number of nitrogens with zero attached hydrogens (tertiary/aromatic N) is 8. The Morgan fingerprint density at radius 2 is 1.44 bits per heavy atom. The number of esters is 1. The summed E-state index contributed by atoms with van der Waals surface area (Å²) in [4.78, 5) is 110. The number of piperazine rings is 1. The summed E-state index contributed by atoms with van der Waals surface area (Å²) in [6.45, 7) is 15.2. The number of aryl methyl sites for hydroxylation is 1. The molecule has 3 saturated heterocycles. The van der Waals surface area contributed by atoms with Gasteiger partial charge < -0.3 is 64.3 Å². The van der Waals surface area contributed by atoms with E-state index >= 15 is 0 Å². The van der Waals surface area contributed by atoms with Gasteiger partial charge in [0.2, 0.25) is 17.7 Å². The Kier molecular flexibility index (Phi) is 25.1. The second kappa shape index (κ2) is 31.9. The predicted molar refractivity (Wildman–Crippen MR) is 328 cm³/mol. The highest BCUT2D eigenvalue weighted by molar-refractivity contribution is 6.39. The van der Waals surface area contributed by atoms with Gasteiger partial charge in [0.15, 0.2) is 5.78 Å². The number of hydrogen-bond donors (Lipinski definition) is 4. The van der Waals surface area contributed by atoms with Crippen LogP contribution in [0.25, 0.3) is 0 Å². The number of rotatable bonds is 10. The van der Waals surface area contributed by atoms with Crippen LogP contribution >= 0.6 is 0 Å². The van der Waals surface area contributed by atoms with E-state index in [2.05, 4.69) is 29.7 Å². The molecule has 7 rings (SSSR count). The minimum atomic E-state index is -2.50. The number of piperidine rings is 1. The summed E-state index contributed by atoms with van der Waals surface area (Å²) in [5.74, 6) is -7.89. The monoisotopic (exact) mass is 1230 g/mol. The fourth-order valence-corrected chi connectivity index (χ4v) is 12.6. The quantitative estimate of drug-likeness (QED) is 0.126. The van der Waals surface area contributed by atoms with E-state index in [1.165, 1.54) is 25.0 Å². The van der Waals surface area contributed by atoms with Crippen LogP contribution in [0.15, 0.2) is 72.4 Å². The van der Waals surface area contributed by atoms with Gasteiger partial charge in [0, 0.05) is 121 Å². The number of methoxy groups -OCH3 is 2. The number of cyclic esters (lactones) is 1. The standard InChI is InChI=1S/C65H95N9O14/c1-39-16-12-11-13-17-41(3)53(84-9)32-48-21-19-45(7)65(83,88-48)59(79)60(80)74-23-15-14-18-50(74)61(81)86-54(33-51(75)42(4)29-44(6)57(77)58(78)56(76)43(5)28-39)49(66)30-46-20-22-52(55(31-46)85-10)87-64(82)71(8)38-47-36-69-63(70-37-47)73-26-24-72(25-27-73)62-67-34-40(2)35-68-62/h11-13,16-17,29,34-37,39,42-43,45-46,48-50,52-55,57-58,77-78,83H,14-15,18-28,30-33,38,66H2,1-10H3/b13-11+,16-12+,41-17+,44-29+/t39-,42-,43-,45-,46+,48+,49-,50+,52-,53+,54+,55-,57-,58+,65-/m1/s1. The number of nitrogens with two attached hydrogens (primary N) is 1. The summed E-state index contributed by atoms with van der Waals surface area (Å²) < 4.78 is 30.2. The van der Waals surface area contributed by atoms with Gasteiger partial charge in [-0.3, -0.25) is 19.2 Å². The zero-order valence-corrected chi connectivity index (χ0v) is 53.1. The maximum atomic E-state index is 14.6. The van der Waals surface area contributed by atoms with Crippen molar-refractivity contribution in [2.75, 3.05) is 63.8 Å². The lowest BCUT2D eigenvalue weighted by Crippen LogP contribution is -2.61. The molecule has 1 aliphatic carbocycles. The van der Waals surface area contributed by atoms with E-state index in [-0.39, 0.29) is 49.8 Å². The number of aliphatic hydroxyl groups excluding tert-OH is 2. The van der Waals surface area contributed by atoms with Gasteiger partial charge in [-0.05, 0) is 114 Å². The summed E-state index contributed by atoms with van der Waals surface area (Å²) in [5.41, 5.74) is 9.77. The first kappa shape index (κ1) is 69.1. The summed E-state index contributed by atoms with van der Waals surface area (Å²) in [5, 5.41) is 34.5. The molecule has 0 aromatic carbocycles. The Hall–Kier alpha value is -6.34. The van der Waals surface area contributed by atoms with Gasteiger partial charge in [0.05, 0.1) is 24.9 Å². The highest BCUT2D eigenvalue weighted by Gasteiger charge is 2.53. The highest BCUT2D eigenvalue weighted by atomic mass is 16.6. The number of aliphatic hydroxyl groups is 3. The molecular weight excluding hydrogens is 1130 g/mol. The molecule has 1 saturated carbocycles. The van der Waals surface area contributed by atoms with Crippen LogP contribution in [0.3, 0.4) is 0 Å². The summed E-state index contributed by atoms with van der Waals surface area (Å²) in [6.07, 6.45) is 14.2. The minimum absolute atomic E-state index is 0.0103. The molecule has 2 bridgehead atoms. The van der Waals surface area contributed by atoms with Gasteiger partial charge in [-0.1, -0.05) is 64.2 Å². The second-order valence-electron chi connectivity index (χ2n) is 25.2.